The number of amides is 1. The van der Waals surface area contributed by atoms with Crippen LogP contribution in [0.3, 0.4) is 0 Å². The van der Waals surface area contributed by atoms with Crippen LogP contribution in [-0.4, -0.2) is 53.0 Å². The standard InChI is InChI=1S/C22H28N2O6S/c1-3-17-5-8-19(9-6-17)28-12-11-23-22(25)16-24(31(26,27)4-2)18-7-10-20-21(15-18)30-14-13-29-20/h5-10,15H,3-4,11-14,16H2,1-2H3,(H,23,25). The Morgan fingerprint density at radius 3 is 2.45 bits per heavy atom. The zero-order valence-corrected chi connectivity index (χ0v) is 18.6. The molecule has 2 aromatic carbocycles. The van der Waals surface area contributed by atoms with Crippen molar-refractivity contribution < 1.29 is 27.4 Å². The molecule has 0 atom stereocenters. The first-order chi connectivity index (χ1) is 14.9. The summed E-state index contributed by atoms with van der Waals surface area (Å²) in [4.78, 5) is 12.4. The molecule has 8 nitrogen and oxygen atoms in total. The lowest BCUT2D eigenvalue weighted by Crippen LogP contribution is -2.42. The van der Waals surface area contributed by atoms with E-state index in [4.69, 9.17) is 14.2 Å². The Bertz CT molecular complexity index is 992. The van der Waals surface area contributed by atoms with Crippen molar-refractivity contribution in [1.82, 2.24) is 5.32 Å². The topological polar surface area (TPSA) is 94.2 Å². The van der Waals surface area contributed by atoms with E-state index in [9.17, 15) is 13.2 Å². The van der Waals surface area contributed by atoms with Crippen LogP contribution in [0.25, 0.3) is 0 Å². The summed E-state index contributed by atoms with van der Waals surface area (Å²) in [5.74, 6) is 1.18. The van der Waals surface area contributed by atoms with E-state index in [0.717, 1.165) is 16.5 Å². The maximum absolute atomic E-state index is 12.6. The summed E-state index contributed by atoms with van der Waals surface area (Å²) in [6.45, 7) is 4.65. The number of nitrogens with zero attached hydrogens (tertiary/aromatic N) is 1. The van der Waals surface area contributed by atoms with Crippen LogP contribution in [0.2, 0.25) is 0 Å². The smallest absolute Gasteiger partial charge is 0.240 e. The number of ether oxygens (including phenoxy) is 3. The van der Waals surface area contributed by atoms with E-state index in [1.54, 1.807) is 18.2 Å². The van der Waals surface area contributed by atoms with Crippen molar-refractivity contribution in [2.24, 2.45) is 0 Å². The highest BCUT2D eigenvalue weighted by Gasteiger charge is 2.25. The summed E-state index contributed by atoms with van der Waals surface area (Å²) in [7, 11) is -3.67. The average molecular weight is 449 g/mol. The monoisotopic (exact) mass is 448 g/mol. The molecule has 0 radical (unpaired) electrons. The minimum Gasteiger partial charge on any atom is -0.492 e. The molecule has 0 fully saturated rings. The highest BCUT2D eigenvalue weighted by Crippen LogP contribution is 2.34. The highest BCUT2D eigenvalue weighted by atomic mass is 32.2. The number of sulfonamides is 1. The number of carbonyl (C=O) groups is 1. The molecule has 0 saturated carbocycles. The summed E-state index contributed by atoms with van der Waals surface area (Å²) in [5, 5.41) is 2.71. The van der Waals surface area contributed by atoms with Gasteiger partial charge < -0.3 is 19.5 Å². The zero-order chi connectivity index (χ0) is 22.3. The van der Waals surface area contributed by atoms with Gasteiger partial charge in [-0.3, -0.25) is 9.10 Å². The Morgan fingerprint density at radius 2 is 1.77 bits per heavy atom. The lowest BCUT2D eigenvalue weighted by atomic mass is 10.2. The minimum absolute atomic E-state index is 0.133. The van der Waals surface area contributed by atoms with Crippen LogP contribution in [-0.2, 0) is 21.2 Å². The zero-order valence-electron chi connectivity index (χ0n) is 17.8. The Kier molecular flexibility index (Phi) is 7.62. The first-order valence-corrected chi connectivity index (χ1v) is 11.9. The molecule has 1 aliphatic rings. The van der Waals surface area contributed by atoms with E-state index in [-0.39, 0.29) is 25.4 Å². The lowest BCUT2D eigenvalue weighted by Gasteiger charge is -2.25. The van der Waals surface area contributed by atoms with Gasteiger partial charge in [0.05, 0.1) is 18.0 Å². The molecule has 168 valence electrons. The summed E-state index contributed by atoms with van der Waals surface area (Å²) >= 11 is 0. The normalized spacial score (nSPS) is 12.8. The number of benzene rings is 2. The molecule has 31 heavy (non-hydrogen) atoms. The number of hydrogen-bond donors (Lipinski definition) is 1. The molecule has 0 bridgehead atoms. The minimum atomic E-state index is -3.67. The Hall–Kier alpha value is -2.94. The lowest BCUT2D eigenvalue weighted by molar-refractivity contribution is -0.119. The molecule has 3 rings (SSSR count). The number of rotatable bonds is 10. The summed E-state index contributed by atoms with van der Waals surface area (Å²) < 4.78 is 43.0. The second kappa shape index (κ2) is 10.4. The van der Waals surface area contributed by atoms with Gasteiger partial charge in [0.2, 0.25) is 15.9 Å². The largest absolute Gasteiger partial charge is 0.492 e. The second-order valence-electron chi connectivity index (χ2n) is 6.93. The van der Waals surface area contributed by atoms with E-state index in [0.29, 0.717) is 30.4 Å². The second-order valence-corrected chi connectivity index (χ2v) is 9.11. The third kappa shape index (κ3) is 6.04. The van der Waals surface area contributed by atoms with Gasteiger partial charge in [0.1, 0.15) is 32.1 Å². The van der Waals surface area contributed by atoms with Crippen molar-refractivity contribution in [3.05, 3.63) is 48.0 Å². The van der Waals surface area contributed by atoms with Gasteiger partial charge >= 0.3 is 0 Å². The van der Waals surface area contributed by atoms with Crippen molar-refractivity contribution >= 4 is 21.6 Å². The van der Waals surface area contributed by atoms with Crippen LogP contribution in [0.5, 0.6) is 17.2 Å². The fourth-order valence-corrected chi connectivity index (χ4v) is 4.12. The molecule has 2 aromatic rings. The predicted molar refractivity (Wildman–Crippen MR) is 119 cm³/mol. The third-order valence-corrected chi connectivity index (χ3v) is 6.57. The predicted octanol–water partition coefficient (Wildman–Crippen LogP) is 2.37. The van der Waals surface area contributed by atoms with Crippen molar-refractivity contribution in [2.75, 3.05) is 43.0 Å². The Morgan fingerprint density at radius 1 is 1.06 bits per heavy atom. The molecule has 0 saturated heterocycles. The van der Waals surface area contributed by atoms with E-state index in [1.165, 1.54) is 12.5 Å². The number of aryl methyl sites for hydroxylation is 1. The molecule has 0 aromatic heterocycles. The van der Waals surface area contributed by atoms with E-state index in [1.807, 2.05) is 24.3 Å². The maximum atomic E-state index is 12.6. The number of nitrogens with one attached hydrogen (secondary N) is 1. The molecule has 1 N–H and O–H groups in total. The molecule has 1 heterocycles. The summed E-state index contributed by atoms with van der Waals surface area (Å²) in [5.41, 5.74) is 1.57. The molecule has 0 spiro atoms. The van der Waals surface area contributed by atoms with Crippen molar-refractivity contribution in [3.63, 3.8) is 0 Å². The van der Waals surface area contributed by atoms with Gasteiger partial charge in [0.15, 0.2) is 11.5 Å². The van der Waals surface area contributed by atoms with E-state index < -0.39 is 15.9 Å². The van der Waals surface area contributed by atoms with Crippen molar-refractivity contribution in [1.29, 1.82) is 0 Å². The quantitative estimate of drug-likeness (QED) is 0.561. The Labute approximate surface area is 183 Å². The van der Waals surface area contributed by atoms with Crippen LogP contribution in [0.4, 0.5) is 5.69 Å². The highest BCUT2D eigenvalue weighted by molar-refractivity contribution is 7.92. The SMILES string of the molecule is CCc1ccc(OCCNC(=O)CN(c2ccc3c(c2)OCCO3)S(=O)(=O)CC)cc1. The van der Waals surface area contributed by atoms with Crippen molar-refractivity contribution in [2.45, 2.75) is 20.3 Å². The van der Waals surface area contributed by atoms with Gasteiger partial charge in [-0.05, 0) is 43.2 Å². The van der Waals surface area contributed by atoms with Gasteiger partial charge in [-0.1, -0.05) is 19.1 Å². The van der Waals surface area contributed by atoms with E-state index in [2.05, 4.69) is 12.2 Å². The molecule has 1 amide bonds. The van der Waals surface area contributed by atoms with Gasteiger partial charge in [-0.2, -0.15) is 0 Å². The van der Waals surface area contributed by atoms with Gasteiger partial charge in [-0.25, -0.2) is 8.42 Å². The van der Waals surface area contributed by atoms with Crippen LogP contribution >= 0.6 is 0 Å². The molecule has 0 aliphatic carbocycles. The van der Waals surface area contributed by atoms with Gasteiger partial charge in [0.25, 0.3) is 0 Å². The van der Waals surface area contributed by atoms with Gasteiger partial charge in [-0.15, -0.1) is 0 Å². The van der Waals surface area contributed by atoms with Crippen LogP contribution < -0.4 is 23.8 Å². The molecule has 0 unspecified atom stereocenters. The van der Waals surface area contributed by atoms with E-state index >= 15 is 0 Å². The number of carbonyl (C=O) groups excluding carboxylic acids is 1. The molecular weight excluding hydrogens is 420 g/mol. The fraction of sp³-hybridized carbons (Fsp3) is 0.409. The van der Waals surface area contributed by atoms with Crippen molar-refractivity contribution in [3.8, 4) is 17.2 Å². The van der Waals surface area contributed by atoms with Crippen LogP contribution in [0.15, 0.2) is 42.5 Å². The molecular formula is C22H28N2O6S. The Balaban J connectivity index is 1.58. The summed E-state index contributed by atoms with van der Waals surface area (Å²) in [6, 6.07) is 12.6. The maximum Gasteiger partial charge on any atom is 0.240 e. The number of fused-ring (bicyclic) bond motifs is 1. The number of hydrogen-bond acceptors (Lipinski definition) is 6. The van der Waals surface area contributed by atoms with Gasteiger partial charge in [0, 0.05) is 6.07 Å². The van der Waals surface area contributed by atoms with Crippen LogP contribution in [0.1, 0.15) is 19.4 Å². The third-order valence-electron chi connectivity index (χ3n) is 4.83. The molecule has 1 aliphatic heterocycles. The van der Waals surface area contributed by atoms with Crippen LogP contribution in [0, 0.1) is 0 Å². The summed E-state index contributed by atoms with van der Waals surface area (Å²) in [6.07, 6.45) is 0.955. The molecule has 9 heteroatoms. The first-order valence-electron chi connectivity index (χ1n) is 10.3. The fourth-order valence-electron chi connectivity index (χ4n) is 3.06. The average Bonchev–Trinajstić information content (AvgIpc) is 2.80. The number of anilines is 1. The first kappa shape index (κ1) is 22.7.